The lowest BCUT2D eigenvalue weighted by atomic mass is 9.99. The fourth-order valence-corrected chi connectivity index (χ4v) is 3.18. The van der Waals surface area contributed by atoms with E-state index in [1.165, 1.54) is 0 Å². The highest BCUT2D eigenvalue weighted by Crippen LogP contribution is 2.30. The summed E-state index contributed by atoms with van der Waals surface area (Å²) >= 11 is 13.0. The maximum Gasteiger partial charge on any atom is 0.133 e. The minimum atomic E-state index is -0.00105. The molecule has 0 radical (unpaired) electrons. The van der Waals surface area contributed by atoms with E-state index in [4.69, 9.17) is 22.2 Å². The molecule has 0 fully saturated rings. The monoisotopic (exact) mass is 432 g/mol. The molecular weight excluding hydrogens is 419 g/mol. The van der Waals surface area contributed by atoms with Crippen molar-refractivity contribution in [3.8, 4) is 5.75 Å². The maximum atomic E-state index is 6.02. The Bertz CT molecular complexity index is 637. The third-order valence-electron chi connectivity index (χ3n) is 3.20. The molecule has 6 heteroatoms. The molecule has 0 amide bonds. The molecule has 0 saturated heterocycles. The number of hydrogen-bond donors (Lipinski definition) is 2. The number of methoxy groups -OCH3 is 1. The summed E-state index contributed by atoms with van der Waals surface area (Å²) in [6.45, 7) is 0. The molecule has 2 aromatic rings. The van der Waals surface area contributed by atoms with Gasteiger partial charge in [0.15, 0.2) is 0 Å². The van der Waals surface area contributed by atoms with Crippen LogP contribution in [0.3, 0.4) is 0 Å². The Balaban J connectivity index is 2.22. The fraction of sp³-hybridized carbons (Fsp3) is 0.200. The molecule has 0 aliphatic carbocycles. The minimum Gasteiger partial charge on any atom is -0.496 e. The average molecular weight is 435 g/mol. The predicted octanol–water partition coefficient (Wildman–Crippen LogP) is 4.62. The molecule has 0 aliphatic rings. The molecule has 3 N–H and O–H groups in total. The first kappa shape index (κ1) is 16.8. The van der Waals surface area contributed by atoms with Gasteiger partial charge in [-0.1, -0.05) is 23.7 Å². The van der Waals surface area contributed by atoms with Gasteiger partial charge in [0.25, 0.3) is 0 Å². The summed E-state index contributed by atoms with van der Waals surface area (Å²) in [5, 5.41) is 0.682. The first-order chi connectivity index (χ1) is 10.0. The fourth-order valence-electron chi connectivity index (χ4n) is 2.07. The number of hydrogen-bond acceptors (Lipinski definition) is 3. The molecule has 112 valence electrons. The molecule has 0 aliphatic heterocycles. The zero-order valence-electron chi connectivity index (χ0n) is 11.4. The Morgan fingerprint density at radius 2 is 1.95 bits per heavy atom. The van der Waals surface area contributed by atoms with Gasteiger partial charge in [0.2, 0.25) is 0 Å². The smallest absolute Gasteiger partial charge is 0.133 e. The quantitative estimate of drug-likeness (QED) is 0.533. The Hall–Kier alpha value is -0.590. The van der Waals surface area contributed by atoms with Crippen LogP contribution in [0.5, 0.6) is 5.75 Å². The molecule has 0 heterocycles. The molecule has 0 bridgehead atoms. The Labute approximate surface area is 146 Å². The van der Waals surface area contributed by atoms with Gasteiger partial charge in [-0.2, -0.15) is 0 Å². The molecule has 0 spiro atoms. The van der Waals surface area contributed by atoms with E-state index in [1.807, 2.05) is 36.4 Å². The van der Waals surface area contributed by atoms with E-state index in [9.17, 15) is 0 Å². The van der Waals surface area contributed by atoms with Crippen LogP contribution in [0, 0.1) is 0 Å². The van der Waals surface area contributed by atoms with Crippen molar-refractivity contribution >= 4 is 43.5 Å². The van der Waals surface area contributed by atoms with Crippen molar-refractivity contribution in [3.05, 3.63) is 61.5 Å². The second kappa shape index (κ2) is 7.61. The number of rotatable bonds is 5. The number of nitrogens with two attached hydrogens (primary N) is 1. The van der Waals surface area contributed by atoms with Gasteiger partial charge in [-0.15, -0.1) is 0 Å². The summed E-state index contributed by atoms with van der Waals surface area (Å²) in [7, 11) is 1.65. The highest BCUT2D eigenvalue weighted by Gasteiger charge is 2.13. The van der Waals surface area contributed by atoms with Crippen LogP contribution in [0.15, 0.2) is 45.3 Å². The molecule has 21 heavy (non-hydrogen) atoms. The van der Waals surface area contributed by atoms with Crippen LogP contribution in [0.1, 0.15) is 17.2 Å². The number of ether oxygens (including phenoxy) is 1. The van der Waals surface area contributed by atoms with Crippen molar-refractivity contribution in [2.75, 3.05) is 7.11 Å². The van der Waals surface area contributed by atoms with Crippen molar-refractivity contribution in [2.45, 2.75) is 12.5 Å². The lowest BCUT2D eigenvalue weighted by Gasteiger charge is -2.17. The number of benzene rings is 2. The summed E-state index contributed by atoms with van der Waals surface area (Å²) < 4.78 is 7.02. The summed E-state index contributed by atoms with van der Waals surface area (Å²) in [6, 6.07) is 11.8. The molecular formula is C15H15Br2ClN2O. The normalized spacial score (nSPS) is 12.2. The van der Waals surface area contributed by atoms with Crippen LogP contribution in [0.2, 0.25) is 5.02 Å². The molecule has 1 atom stereocenters. The van der Waals surface area contributed by atoms with E-state index in [0.717, 1.165) is 32.2 Å². The summed E-state index contributed by atoms with van der Waals surface area (Å²) in [4.78, 5) is 0. The van der Waals surface area contributed by atoms with E-state index >= 15 is 0 Å². The second-order valence-corrected chi connectivity index (χ2v) is 6.68. The number of hydrazine groups is 1. The van der Waals surface area contributed by atoms with E-state index in [2.05, 4.69) is 37.3 Å². The van der Waals surface area contributed by atoms with Crippen molar-refractivity contribution in [1.29, 1.82) is 0 Å². The summed E-state index contributed by atoms with van der Waals surface area (Å²) in [6.07, 6.45) is 0.757. The van der Waals surface area contributed by atoms with Crippen molar-refractivity contribution in [2.24, 2.45) is 5.84 Å². The average Bonchev–Trinajstić information content (AvgIpc) is 2.48. The van der Waals surface area contributed by atoms with Gasteiger partial charge in [-0.3, -0.25) is 11.3 Å². The predicted molar refractivity (Wildman–Crippen MR) is 93.6 cm³/mol. The van der Waals surface area contributed by atoms with Gasteiger partial charge in [-0.05, 0) is 73.7 Å². The molecule has 2 aromatic carbocycles. The van der Waals surface area contributed by atoms with Gasteiger partial charge >= 0.3 is 0 Å². The van der Waals surface area contributed by atoms with Crippen LogP contribution in [0.4, 0.5) is 0 Å². The first-order valence-electron chi connectivity index (χ1n) is 6.28. The van der Waals surface area contributed by atoms with Gasteiger partial charge < -0.3 is 4.74 Å². The zero-order chi connectivity index (χ0) is 15.4. The number of nitrogens with one attached hydrogen (secondary N) is 1. The highest BCUT2D eigenvalue weighted by molar-refractivity contribution is 9.10. The second-order valence-electron chi connectivity index (χ2n) is 4.57. The maximum absolute atomic E-state index is 6.02. The largest absolute Gasteiger partial charge is 0.496 e. The summed E-state index contributed by atoms with van der Waals surface area (Å²) in [5.74, 6) is 6.51. The lowest BCUT2D eigenvalue weighted by molar-refractivity contribution is 0.412. The Morgan fingerprint density at radius 3 is 2.52 bits per heavy atom. The Kier molecular flexibility index (Phi) is 6.08. The Morgan fingerprint density at radius 1 is 1.19 bits per heavy atom. The highest BCUT2D eigenvalue weighted by atomic mass is 79.9. The van der Waals surface area contributed by atoms with E-state index in [1.54, 1.807) is 7.11 Å². The first-order valence-corrected chi connectivity index (χ1v) is 8.25. The molecule has 0 saturated carbocycles. The van der Waals surface area contributed by atoms with E-state index < -0.39 is 0 Å². The minimum absolute atomic E-state index is 0.00105. The molecule has 0 aromatic heterocycles. The molecule has 2 rings (SSSR count). The van der Waals surface area contributed by atoms with Crippen molar-refractivity contribution in [1.82, 2.24) is 5.43 Å². The van der Waals surface area contributed by atoms with Gasteiger partial charge in [0, 0.05) is 4.47 Å². The van der Waals surface area contributed by atoms with Crippen LogP contribution in [-0.4, -0.2) is 7.11 Å². The standard InChI is InChI=1S/C15H15Br2ClN2O/c1-21-15-5-2-9(6-12(15)17)7-14(20-19)10-3-4-13(18)11(16)8-10/h2-6,8,14,20H,7,19H2,1H3. The molecule has 3 nitrogen and oxygen atoms in total. The van der Waals surface area contributed by atoms with Crippen LogP contribution in [-0.2, 0) is 6.42 Å². The summed E-state index contributed by atoms with van der Waals surface area (Å²) in [5.41, 5.74) is 5.07. The molecule has 1 unspecified atom stereocenters. The zero-order valence-corrected chi connectivity index (χ0v) is 15.3. The van der Waals surface area contributed by atoms with Gasteiger partial charge in [0.1, 0.15) is 5.75 Å². The third kappa shape index (κ3) is 4.20. The lowest BCUT2D eigenvalue weighted by Crippen LogP contribution is -2.29. The van der Waals surface area contributed by atoms with Crippen LogP contribution in [0.25, 0.3) is 0 Å². The van der Waals surface area contributed by atoms with Crippen LogP contribution < -0.4 is 16.0 Å². The van der Waals surface area contributed by atoms with Crippen molar-refractivity contribution < 1.29 is 4.74 Å². The number of halogens is 3. The SMILES string of the molecule is COc1ccc(CC(NN)c2ccc(Cl)c(Br)c2)cc1Br. The third-order valence-corrected chi connectivity index (χ3v) is 5.04. The van der Waals surface area contributed by atoms with Gasteiger partial charge in [-0.25, -0.2) is 0 Å². The van der Waals surface area contributed by atoms with Crippen LogP contribution >= 0.6 is 43.5 Å². The van der Waals surface area contributed by atoms with E-state index in [-0.39, 0.29) is 6.04 Å². The van der Waals surface area contributed by atoms with E-state index in [0.29, 0.717) is 5.02 Å². The van der Waals surface area contributed by atoms with Gasteiger partial charge in [0.05, 0.1) is 22.6 Å². The topological polar surface area (TPSA) is 47.3 Å². The van der Waals surface area contributed by atoms with Crippen molar-refractivity contribution in [3.63, 3.8) is 0 Å².